The average molecular weight is 362 g/mol. The highest BCUT2D eigenvalue weighted by atomic mass is 16.5. The van der Waals surface area contributed by atoms with Crippen LogP contribution < -0.4 is 15.9 Å². The summed E-state index contributed by atoms with van der Waals surface area (Å²) in [5, 5.41) is 4.08. The number of amides is 1. The number of methoxy groups -OCH3 is 1. The summed E-state index contributed by atoms with van der Waals surface area (Å²) >= 11 is 0. The maximum Gasteiger partial charge on any atom is 0.273 e. The predicted octanol–water partition coefficient (Wildman–Crippen LogP) is 3.45. The Morgan fingerprint density at radius 2 is 1.85 bits per heavy atom. The molecular formula is C21H22N4O2. The van der Waals surface area contributed by atoms with Gasteiger partial charge < -0.3 is 15.0 Å². The Kier molecular flexibility index (Phi) is 5.26. The first kappa shape index (κ1) is 18.3. The van der Waals surface area contributed by atoms with Gasteiger partial charge in [0.25, 0.3) is 5.91 Å². The molecule has 6 nitrogen and oxygen atoms in total. The van der Waals surface area contributed by atoms with Crippen LogP contribution in [0.5, 0.6) is 5.75 Å². The second-order valence-corrected chi connectivity index (χ2v) is 6.15. The number of aromatic nitrogens is 1. The molecular weight excluding hydrogens is 340 g/mol. The number of anilines is 1. The van der Waals surface area contributed by atoms with Crippen molar-refractivity contribution in [1.29, 1.82) is 0 Å². The lowest BCUT2D eigenvalue weighted by Crippen LogP contribution is -2.19. The quantitative estimate of drug-likeness (QED) is 0.414. The van der Waals surface area contributed by atoms with Crippen LogP contribution in [-0.2, 0) is 0 Å². The molecule has 1 heterocycles. The Bertz CT molecular complexity index is 988. The highest BCUT2D eigenvalue weighted by Crippen LogP contribution is 2.22. The monoisotopic (exact) mass is 362 g/mol. The number of nitrogens with zero attached hydrogens (tertiary/aromatic N) is 2. The zero-order valence-corrected chi connectivity index (χ0v) is 15.6. The van der Waals surface area contributed by atoms with E-state index in [1.165, 1.54) is 0 Å². The van der Waals surface area contributed by atoms with E-state index in [1.54, 1.807) is 37.6 Å². The van der Waals surface area contributed by atoms with Gasteiger partial charge in [0.1, 0.15) is 5.75 Å². The largest absolute Gasteiger partial charge is 0.497 e. The molecule has 0 aliphatic carbocycles. The van der Waals surface area contributed by atoms with E-state index in [0.29, 0.717) is 11.3 Å². The van der Waals surface area contributed by atoms with Gasteiger partial charge in [-0.3, -0.25) is 4.79 Å². The number of nitrogens with two attached hydrogens (primary N) is 1. The van der Waals surface area contributed by atoms with Crippen LogP contribution in [0.15, 0.2) is 59.7 Å². The van der Waals surface area contributed by atoms with E-state index in [0.717, 1.165) is 28.4 Å². The molecule has 0 unspecified atom stereocenters. The van der Waals surface area contributed by atoms with Gasteiger partial charge in [0.2, 0.25) is 0 Å². The molecule has 1 amide bonds. The number of hydrogen-bond acceptors (Lipinski definition) is 4. The smallest absolute Gasteiger partial charge is 0.273 e. The summed E-state index contributed by atoms with van der Waals surface area (Å²) in [6, 6.07) is 16.8. The van der Waals surface area contributed by atoms with Gasteiger partial charge >= 0.3 is 0 Å². The fourth-order valence-electron chi connectivity index (χ4n) is 2.97. The number of hydrazone groups is 1. The van der Waals surface area contributed by atoms with Crippen molar-refractivity contribution in [2.75, 3.05) is 12.8 Å². The number of para-hydroxylation sites is 1. The Morgan fingerprint density at radius 1 is 1.15 bits per heavy atom. The van der Waals surface area contributed by atoms with E-state index in [9.17, 15) is 4.79 Å². The molecule has 3 aromatic rings. The molecule has 6 heteroatoms. The van der Waals surface area contributed by atoms with Crippen LogP contribution in [0.4, 0.5) is 5.69 Å². The molecule has 0 bridgehead atoms. The normalized spacial score (nSPS) is 10.9. The van der Waals surface area contributed by atoms with E-state index in [4.69, 9.17) is 10.5 Å². The predicted molar refractivity (Wildman–Crippen MR) is 108 cm³/mol. The average Bonchev–Trinajstić information content (AvgIpc) is 2.95. The maximum absolute atomic E-state index is 12.2. The Morgan fingerprint density at radius 3 is 2.52 bits per heavy atom. The Hall–Kier alpha value is -3.54. The molecule has 0 fully saturated rings. The van der Waals surface area contributed by atoms with Crippen LogP contribution in [0.2, 0.25) is 0 Å². The zero-order valence-electron chi connectivity index (χ0n) is 15.6. The molecule has 0 saturated carbocycles. The maximum atomic E-state index is 12.2. The van der Waals surface area contributed by atoms with E-state index < -0.39 is 0 Å². The number of benzene rings is 2. The summed E-state index contributed by atoms with van der Waals surface area (Å²) in [4.78, 5) is 12.2. The van der Waals surface area contributed by atoms with Crippen molar-refractivity contribution < 1.29 is 9.53 Å². The molecule has 0 spiro atoms. The number of carbonyl (C=O) groups is 1. The van der Waals surface area contributed by atoms with Crippen molar-refractivity contribution in [2.24, 2.45) is 5.10 Å². The summed E-state index contributed by atoms with van der Waals surface area (Å²) in [6.07, 6.45) is 1.64. The number of aryl methyl sites for hydroxylation is 1. The number of nitrogens with one attached hydrogen (secondary N) is 1. The van der Waals surface area contributed by atoms with E-state index in [-0.39, 0.29) is 5.91 Å². The molecule has 0 aliphatic rings. The van der Waals surface area contributed by atoms with Crippen molar-refractivity contribution in [3.63, 3.8) is 0 Å². The van der Waals surface area contributed by atoms with Crippen LogP contribution in [0.3, 0.4) is 0 Å². The minimum Gasteiger partial charge on any atom is -0.497 e. The number of rotatable bonds is 5. The van der Waals surface area contributed by atoms with E-state index in [2.05, 4.69) is 15.1 Å². The van der Waals surface area contributed by atoms with Crippen LogP contribution in [-0.4, -0.2) is 23.8 Å². The molecule has 0 radical (unpaired) electrons. The third-order valence-corrected chi connectivity index (χ3v) is 4.38. The molecule has 0 atom stereocenters. The topological polar surface area (TPSA) is 81.6 Å². The number of hydrogen-bond donors (Lipinski definition) is 2. The minimum absolute atomic E-state index is 0.340. The number of carbonyl (C=O) groups excluding carboxylic acids is 1. The lowest BCUT2D eigenvalue weighted by atomic mass is 10.2. The molecule has 27 heavy (non-hydrogen) atoms. The summed E-state index contributed by atoms with van der Waals surface area (Å²) < 4.78 is 7.33. The summed E-state index contributed by atoms with van der Waals surface area (Å²) in [7, 11) is 1.65. The summed E-state index contributed by atoms with van der Waals surface area (Å²) in [6.45, 7) is 4.04. The highest BCUT2D eigenvalue weighted by molar-refractivity contribution is 5.99. The first-order valence-corrected chi connectivity index (χ1v) is 8.52. The van der Waals surface area contributed by atoms with Gasteiger partial charge in [0.05, 0.1) is 18.9 Å². The van der Waals surface area contributed by atoms with Crippen LogP contribution >= 0.6 is 0 Å². The third kappa shape index (κ3) is 3.84. The van der Waals surface area contributed by atoms with Gasteiger partial charge in [-0.2, -0.15) is 5.10 Å². The minimum atomic E-state index is -0.340. The van der Waals surface area contributed by atoms with E-state index in [1.807, 2.05) is 44.2 Å². The van der Waals surface area contributed by atoms with Gasteiger partial charge in [-0.15, -0.1) is 0 Å². The summed E-state index contributed by atoms with van der Waals surface area (Å²) in [5.41, 5.74) is 13.2. The third-order valence-electron chi connectivity index (χ3n) is 4.38. The first-order chi connectivity index (χ1) is 13.0. The molecule has 138 valence electrons. The van der Waals surface area contributed by atoms with Crippen molar-refractivity contribution in [3.8, 4) is 11.4 Å². The van der Waals surface area contributed by atoms with Gasteiger partial charge in [0, 0.05) is 28.3 Å². The molecule has 1 aromatic heterocycles. The van der Waals surface area contributed by atoms with Crippen molar-refractivity contribution in [1.82, 2.24) is 9.99 Å². The Labute approximate surface area is 158 Å². The summed E-state index contributed by atoms with van der Waals surface area (Å²) in [5.74, 6) is 0.471. The number of ether oxygens (including phenoxy) is 1. The number of nitrogen functional groups attached to an aromatic ring is 1. The Balaban J connectivity index is 1.79. The van der Waals surface area contributed by atoms with Gasteiger partial charge in [0.15, 0.2) is 0 Å². The zero-order chi connectivity index (χ0) is 19.4. The standard InChI is InChI=1S/C21H22N4O2/c1-14-12-16(13-23-24-21(26)19-6-4-5-7-20(19)22)15(2)25(14)17-8-10-18(27-3)11-9-17/h4-13H,22H2,1-3H3,(H,24,26)/b23-13-. The van der Waals surface area contributed by atoms with Crippen LogP contribution in [0, 0.1) is 13.8 Å². The molecule has 0 saturated heterocycles. The molecule has 0 aliphatic heterocycles. The fraction of sp³-hybridized carbons (Fsp3) is 0.143. The second-order valence-electron chi connectivity index (χ2n) is 6.15. The van der Waals surface area contributed by atoms with Gasteiger partial charge in [-0.05, 0) is 56.3 Å². The van der Waals surface area contributed by atoms with E-state index >= 15 is 0 Å². The first-order valence-electron chi connectivity index (χ1n) is 8.52. The van der Waals surface area contributed by atoms with Crippen LogP contribution in [0.25, 0.3) is 5.69 Å². The lowest BCUT2D eigenvalue weighted by Gasteiger charge is -2.10. The van der Waals surface area contributed by atoms with Crippen molar-refractivity contribution >= 4 is 17.8 Å². The van der Waals surface area contributed by atoms with Crippen molar-refractivity contribution in [3.05, 3.63) is 77.1 Å². The fourth-order valence-corrected chi connectivity index (χ4v) is 2.97. The SMILES string of the molecule is COc1ccc(-n2c(C)cc(/C=N\NC(=O)c3ccccc3N)c2C)cc1. The second kappa shape index (κ2) is 7.78. The molecule has 3 N–H and O–H groups in total. The lowest BCUT2D eigenvalue weighted by molar-refractivity contribution is 0.0956. The van der Waals surface area contributed by atoms with Gasteiger partial charge in [-0.25, -0.2) is 5.43 Å². The molecule has 3 rings (SSSR count). The van der Waals surface area contributed by atoms with Crippen LogP contribution in [0.1, 0.15) is 27.3 Å². The van der Waals surface area contributed by atoms with Gasteiger partial charge in [-0.1, -0.05) is 12.1 Å². The highest BCUT2D eigenvalue weighted by Gasteiger charge is 2.10. The molecule has 2 aromatic carbocycles. The van der Waals surface area contributed by atoms with Crippen molar-refractivity contribution in [2.45, 2.75) is 13.8 Å².